The van der Waals surface area contributed by atoms with Gasteiger partial charge in [0.15, 0.2) is 0 Å². The van der Waals surface area contributed by atoms with Crippen LogP contribution in [0, 0.1) is 0 Å². The van der Waals surface area contributed by atoms with Gasteiger partial charge in [-0.05, 0) is 104 Å². The Balaban J connectivity index is 1.23. The lowest BCUT2D eigenvalue weighted by molar-refractivity contribution is 1.18. The van der Waals surface area contributed by atoms with Crippen molar-refractivity contribution in [2.24, 2.45) is 0 Å². The average molecular weight is 635 g/mol. The van der Waals surface area contributed by atoms with E-state index in [1.54, 1.807) is 0 Å². The Labute approximate surface area is 289 Å². The van der Waals surface area contributed by atoms with Gasteiger partial charge in [0.2, 0.25) is 0 Å². The molecule has 9 aromatic carbocycles. The Morgan fingerprint density at radius 3 is 1.92 bits per heavy atom. The lowest BCUT2D eigenvalue weighted by Gasteiger charge is -2.29. The van der Waals surface area contributed by atoms with Crippen molar-refractivity contribution in [2.45, 2.75) is 0 Å². The molecule has 2 heteroatoms. The molecule has 1 aromatic heterocycles. The third kappa shape index (κ3) is 3.85. The highest BCUT2D eigenvalue weighted by Crippen LogP contribution is 2.56. The fourth-order valence-electron chi connectivity index (χ4n) is 8.52. The van der Waals surface area contributed by atoms with Gasteiger partial charge in [0.25, 0.3) is 0 Å². The van der Waals surface area contributed by atoms with E-state index >= 15 is 0 Å². The average Bonchev–Trinajstić information content (AvgIpc) is 3.70. The Morgan fingerprint density at radius 2 is 1.02 bits per heavy atom. The van der Waals surface area contributed by atoms with Crippen LogP contribution in [0.5, 0.6) is 0 Å². The maximum atomic E-state index is 2.48. The minimum absolute atomic E-state index is 1.13. The second kappa shape index (κ2) is 10.4. The largest absolute Gasteiger partial charge is 0.310 e. The van der Waals surface area contributed by atoms with Gasteiger partial charge in [-0.2, -0.15) is 0 Å². The van der Waals surface area contributed by atoms with Crippen molar-refractivity contribution in [3.8, 4) is 27.9 Å². The van der Waals surface area contributed by atoms with E-state index in [2.05, 4.69) is 191 Å². The first-order valence-corrected chi connectivity index (χ1v) is 17.3. The van der Waals surface area contributed by atoms with Crippen molar-refractivity contribution in [1.29, 1.82) is 0 Å². The van der Waals surface area contributed by atoms with Crippen molar-refractivity contribution in [3.05, 3.63) is 182 Å². The van der Waals surface area contributed by atoms with Gasteiger partial charge in [0.1, 0.15) is 0 Å². The van der Waals surface area contributed by atoms with Crippen molar-refractivity contribution in [2.75, 3.05) is 4.90 Å². The zero-order valence-corrected chi connectivity index (χ0v) is 27.2. The van der Waals surface area contributed by atoms with E-state index < -0.39 is 0 Å². The smallest absolute Gasteiger partial charge is 0.0546 e. The molecule has 10 aromatic rings. The normalized spacial score (nSPS) is 12.0. The number of nitrogens with zero attached hydrogens (tertiary/aromatic N) is 2. The maximum absolute atomic E-state index is 2.48. The molecule has 0 saturated heterocycles. The first-order chi connectivity index (χ1) is 24.8. The van der Waals surface area contributed by atoms with E-state index in [-0.39, 0.29) is 0 Å². The number of hydrogen-bond donors (Lipinski definition) is 0. The molecule has 0 bridgehead atoms. The van der Waals surface area contributed by atoms with Gasteiger partial charge in [-0.1, -0.05) is 121 Å². The van der Waals surface area contributed by atoms with Crippen LogP contribution in [0.4, 0.5) is 17.1 Å². The van der Waals surface area contributed by atoms with Crippen molar-refractivity contribution >= 4 is 71.2 Å². The van der Waals surface area contributed by atoms with E-state index in [1.165, 1.54) is 82.1 Å². The summed E-state index contributed by atoms with van der Waals surface area (Å²) < 4.78 is 2.39. The molecule has 0 fully saturated rings. The Kier molecular flexibility index (Phi) is 5.70. The summed E-state index contributed by atoms with van der Waals surface area (Å²) in [6.07, 6.45) is 0. The molecule has 11 rings (SSSR count). The molecule has 0 amide bonds. The third-order valence-electron chi connectivity index (χ3n) is 10.6. The predicted octanol–water partition coefficient (Wildman–Crippen LogP) is 13.4. The summed E-state index contributed by atoms with van der Waals surface area (Å²) in [6, 6.07) is 66.8. The van der Waals surface area contributed by atoms with Crippen LogP contribution in [0.2, 0.25) is 0 Å². The molecule has 232 valence electrons. The maximum Gasteiger partial charge on any atom is 0.0546 e. The van der Waals surface area contributed by atoms with E-state index in [0.29, 0.717) is 0 Å². The summed E-state index contributed by atoms with van der Waals surface area (Å²) in [5.41, 5.74) is 12.2. The molecule has 0 atom stereocenters. The molecule has 1 aliphatic rings. The fourth-order valence-corrected chi connectivity index (χ4v) is 8.52. The van der Waals surface area contributed by atoms with Crippen LogP contribution >= 0.6 is 0 Å². The van der Waals surface area contributed by atoms with Crippen LogP contribution in [-0.4, -0.2) is 4.57 Å². The second-order valence-electron chi connectivity index (χ2n) is 13.3. The molecule has 1 heterocycles. The molecule has 0 saturated carbocycles. The molecule has 0 unspecified atom stereocenters. The van der Waals surface area contributed by atoms with E-state index in [0.717, 1.165) is 17.1 Å². The first-order valence-electron chi connectivity index (χ1n) is 17.3. The van der Waals surface area contributed by atoms with Gasteiger partial charge in [-0.25, -0.2) is 0 Å². The summed E-state index contributed by atoms with van der Waals surface area (Å²) in [5.74, 6) is 0. The summed E-state index contributed by atoms with van der Waals surface area (Å²) >= 11 is 0. The zero-order chi connectivity index (χ0) is 32.8. The monoisotopic (exact) mass is 634 g/mol. The molecule has 0 aliphatic heterocycles. The second-order valence-corrected chi connectivity index (χ2v) is 13.3. The number of aromatic nitrogens is 1. The van der Waals surface area contributed by atoms with E-state index in [4.69, 9.17) is 0 Å². The molecule has 0 radical (unpaired) electrons. The highest BCUT2D eigenvalue weighted by atomic mass is 15.1. The van der Waals surface area contributed by atoms with Crippen LogP contribution in [-0.2, 0) is 0 Å². The SMILES string of the molecule is c1ccc(-n2c3ccccc3c3cc(N(c4ccc5ccccc5c4)c4cccc5c4-c4c6ccccc6cc6cccc-5c46)ccc32)cc1. The van der Waals surface area contributed by atoms with Crippen LogP contribution < -0.4 is 4.90 Å². The van der Waals surface area contributed by atoms with Crippen molar-refractivity contribution in [1.82, 2.24) is 4.57 Å². The van der Waals surface area contributed by atoms with Crippen molar-refractivity contribution < 1.29 is 0 Å². The lowest BCUT2D eigenvalue weighted by Crippen LogP contribution is -2.11. The fraction of sp³-hybridized carbons (Fsp3) is 0. The summed E-state index contributed by atoms with van der Waals surface area (Å²) in [4.78, 5) is 2.48. The molecule has 0 spiro atoms. The third-order valence-corrected chi connectivity index (χ3v) is 10.6. The zero-order valence-electron chi connectivity index (χ0n) is 27.2. The van der Waals surface area contributed by atoms with Gasteiger partial charge >= 0.3 is 0 Å². The Bertz CT molecular complexity index is 2990. The minimum Gasteiger partial charge on any atom is -0.310 e. The summed E-state index contributed by atoms with van der Waals surface area (Å²) in [7, 11) is 0. The quantitative estimate of drug-likeness (QED) is 0.175. The number of rotatable bonds is 4. The predicted molar refractivity (Wildman–Crippen MR) is 212 cm³/mol. The van der Waals surface area contributed by atoms with Crippen LogP contribution in [0.15, 0.2) is 182 Å². The molecule has 2 nitrogen and oxygen atoms in total. The number of benzene rings is 9. The van der Waals surface area contributed by atoms with Gasteiger partial charge in [0.05, 0.1) is 16.7 Å². The number of fused-ring (bicyclic) bond motifs is 9. The van der Waals surface area contributed by atoms with Gasteiger partial charge in [0, 0.05) is 39.0 Å². The Hall–Kier alpha value is -6.64. The standard InChI is InChI=1S/C48H30N2/c1-2-16-35(17-3-1)50-43-22-9-8-19-39(43)42-30-37(26-27-44(42)50)49(36-25-24-31-12-4-5-13-32(31)29-36)45-23-11-21-41-40-20-10-15-34-28-33-14-6-7-18-38(33)48(46(34)40)47(41)45/h1-30H. The molecule has 50 heavy (non-hydrogen) atoms. The minimum atomic E-state index is 1.13. The van der Waals surface area contributed by atoms with Gasteiger partial charge in [-0.3, -0.25) is 0 Å². The van der Waals surface area contributed by atoms with Gasteiger partial charge < -0.3 is 9.47 Å². The van der Waals surface area contributed by atoms with E-state index in [9.17, 15) is 0 Å². The summed E-state index contributed by atoms with van der Waals surface area (Å²) in [6.45, 7) is 0. The molecule has 1 aliphatic carbocycles. The Morgan fingerprint density at radius 1 is 0.360 bits per heavy atom. The highest BCUT2D eigenvalue weighted by Gasteiger charge is 2.29. The molecule has 0 N–H and O–H groups in total. The molecular formula is C48H30N2. The van der Waals surface area contributed by atoms with Crippen molar-refractivity contribution in [3.63, 3.8) is 0 Å². The highest BCUT2D eigenvalue weighted by molar-refractivity contribution is 6.26. The topological polar surface area (TPSA) is 8.17 Å². The van der Waals surface area contributed by atoms with Crippen LogP contribution in [0.3, 0.4) is 0 Å². The number of anilines is 3. The van der Waals surface area contributed by atoms with Gasteiger partial charge in [-0.15, -0.1) is 0 Å². The van der Waals surface area contributed by atoms with Crippen LogP contribution in [0.25, 0.3) is 82.1 Å². The summed E-state index contributed by atoms with van der Waals surface area (Å²) in [5, 5.41) is 10.1. The number of hydrogen-bond acceptors (Lipinski definition) is 1. The van der Waals surface area contributed by atoms with E-state index in [1.807, 2.05) is 0 Å². The molecular weight excluding hydrogens is 605 g/mol. The first kappa shape index (κ1) is 27.3. The van der Waals surface area contributed by atoms with Crippen LogP contribution in [0.1, 0.15) is 0 Å². The number of para-hydroxylation sites is 2. The lowest BCUT2D eigenvalue weighted by atomic mass is 9.94.